The highest BCUT2D eigenvalue weighted by Gasteiger charge is 2.18. The van der Waals surface area contributed by atoms with Crippen LogP contribution in [0.5, 0.6) is 5.75 Å². The average molecular weight is 296 g/mol. The predicted octanol–water partition coefficient (Wildman–Crippen LogP) is 1.09. The van der Waals surface area contributed by atoms with Crippen LogP contribution in [0, 0.1) is 5.82 Å². The fourth-order valence-corrected chi connectivity index (χ4v) is 2.13. The minimum atomic E-state index is -0.340. The summed E-state index contributed by atoms with van der Waals surface area (Å²) in [5.74, 6) is 0.0688. The monoisotopic (exact) mass is 296 g/mol. The van der Waals surface area contributed by atoms with Gasteiger partial charge in [0.1, 0.15) is 18.2 Å². The fraction of sp³-hybridized carbons (Fsp3) is 0.533. The highest BCUT2D eigenvalue weighted by Crippen LogP contribution is 2.12. The molecule has 0 spiro atoms. The average Bonchev–Trinajstić information content (AvgIpc) is 2.46. The van der Waals surface area contributed by atoms with E-state index in [9.17, 15) is 9.18 Å². The number of halogens is 1. The first kappa shape index (κ1) is 15.7. The molecular formula is C15H21FN2O3. The maximum absolute atomic E-state index is 13.0. The smallest absolute Gasteiger partial charge is 0.221 e. The van der Waals surface area contributed by atoms with Crippen molar-refractivity contribution >= 4 is 5.91 Å². The van der Waals surface area contributed by atoms with Crippen LogP contribution in [0.4, 0.5) is 4.39 Å². The fourth-order valence-electron chi connectivity index (χ4n) is 2.13. The minimum absolute atomic E-state index is 0.0478. The summed E-state index contributed by atoms with van der Waals surface area (Å²) in [6.45, 7) is 4.17. The van der Waals surface area contributed by atoms with Crippen LogP contribution in [0.15, 0.2) is 24.3 Å². The summed E-state index contributed by atoms with van der Waals surface area (Å²) in [6.07, 6.45) is 0.379. The second kappa shape index (κ2) is 7.95. The number of morpholine rings is 1. The third kappa shape index (κ3) is 5.69. The van der Waals surface area contributed by atoms with E-state index < -0.39 is 0 Å². The molecule has 2 N–H and O–H groups in total. The van der Waals surface area contributed by atoms with E-state index in [0.29, 0.717) is 32.0 Å². The van der Waals surface area contributed by atoms with Crippen LogP contribution in [0.25, 0.3) is 0 Å². The number of carbonyl (C=O) groups excluding carboxylic acids is 1. The Morgan fingerprint density at radius 2 is 2.48 bits per heavy atom. The van der Waals surface area contributed by atoms with E-state index in [0.717, 1.165) is 6.54 Å². The van der Waals surface area contributed by atoms with Crippen LogP contribution in [0.3, 0.4) is 0 Å². The Balaban J connectivity index is 1.68. The van der Waals surface area contributed by atoms with Crippen LogP contribution in [0.2, 0.25) is 0 Å². The molecule has 0 radical (unpaired) electrons. The number of carbonyl (C=O) groups is 1. The Morgan fingerprint density at radius 1 is 1.62 bits per heavy atom. The van der Waals surface area contributed by atoms with Gasteiger partial charge >= 0.3 is 0 Å². The molecule has 1 fully saturated rings. The van der Waals surface area contributed by atoms with Gasteiger partial charge in [-0.3, -0.25) is 4.79 Å². The number of hydrogen-bond acceptors (Lipinski definition) is 4. The quantitative estimate of drug-likeness (QED) is 0.825. The third-order valence-corrected chi connectivity index (χ3v) is 3.13. The van der Waals surface area contributed by atoms with Crippen LogP contribution >= 0.6 is 0 Å². The highest BCUT2D eigenvalue weighted by molar-refractivity contribution is 5.76. The zero-order chi connectivity index (χ0) is 15.1. The summed E-state index contributed by atoms with van der Waals surface area (Å²) in [7, 11) is 0. The van der Waals surface area contributed by atoms with Crippen molar-refractivity contribution in [3.8, 4) is 5.75 Å². The molecule has 1 aromatic rings. The molecule has 1 amide bonds. The highest BCUT2D eigenvalue weighted by atomic mass is 19.1. The minimum Gasteiger partial charge on any atom is -0.491 e. The van der Waals surface area contributed by atoms with E-state index in [2.05, 4.69) is 10.6 Å². The lowest BCUT2D eigenvalue weighted by Gasteiger charge is -2.24. The van der Waals surface area contributed by atoms with Crippen molar-refractivity contribution in [3.05, 3.63) is 30.1 Å². The molecule has 6 heteroatoms. The molecule has 5 nitrogen and oxygen atoms in total. The predicted molar refractivity (Wildman–Crippen MR) is 76.7 cm³/mol. The summed E-state index contributed by atoms with van der Waals surface area (Å²) < 4.78 is 23.7. The topological polar surface area (TPSA) is 59.6 Å². The molecule has 0 bridgehead atoms. The van der Waals surface area contributed by atoms with Crippen LogP contribution < -0.4 is 15.4 Å². The van der Waals surface area contributed by atoms with Gasteiger partial charge in [0.05, 0.1) is 19.3 Å². The molecule has 21 heavy (non-hydrogen) atoms. The number of ether oxygens (including phenoxy) is 2. The first-order valence-electron chi connectivity index (χ1n) is 7.12. The van der Waals surface area contributed by atoms with Crippen LogP contribution in [-0.2, 0) is 9.53 Å². The van der Waals surface area contributed by atoms with Crippen molar-refractivity contribution < 1.29 is 18.7 Å². The van der Waals surface area contributed by atoms with Gasteiger partial charge in [-0.15, -0.1) is 0 Å². The van der Waals surface area contributed by atoms with Crippen LogP contribution in [-0.4, -0.2) is 44.4 Å². The first-order chi connectivity index (χ1) is 10.1. The van der Waals surface area contributed by atoms with Crippen molar-refractivity contribution in [1.29, 1.82) is 0 Å². The zero-order valence-corrected chi connectivity index (χ0v) is 12.1. The summed E-state index contributed by atoms with van der Waals surface area (Å²) in [5, 5.41) is 6.09. The van der Waals surface area contributed by atoms with Gasteiger partial charge in [0.25, 0.3) is 0 Å². The second-order valence-electron chi connectivity index (χ2n) is 5.17. The normalized spacial score (nSPS) is 19.8. The van der Waals surface area contributed by atoms with Gasteiger partial charge < -0.3 is 20.1 Å². The van der Waals surface area contributed by atoms with Crippen molar-refractivity contribution in [3.63, 3.8) is 0 Å². The number of amides is 1. The van der Waals surface area contributed by atoms with Crippen molar-refractivity contribution in [2.24, 2.45) is 0 Å². The Labute approximate surface area is 123 Å². The van der Waals surface area contributed by atoms with Gasteiger partial charge in [-0.2, -0.15) is 0 Å². The molecule has 1 saturated heterocycles. The standard InChI is InChI=1S/C15H21FN2O3/c1-11(9-21-14-4-2-3-12(16)7-14)18-15(19)8-13-10-20-6-5-17-13/h2-4,7,11,13,17H,5-6,8-10H2,1H3,(H,18,19). The molecule has 2 atom stereocenters. The number of hydrogen-bond donors (Lipinski definition) is 2. The SMILES string of the molecule is CC(COc1cccc(F)c1)NC(=O)CC1COCCN1. The molecule has 1 aromatic carbocycles. The lowest BCUT2D eigenvalue weighted by atomic mass is 10.2. The lowest BCUT2D eigenvalue weighted by molar-refractivity contribution is -0.123. The van der Waals surface area contributed by atoms with E-state index in [1.807, 2.05) is 6.92 Å². The van der Waals surface area contributed by atoms with Gasteiger partial charge in [0.15, 0.2) is 0 Å². The van der Waals surface area contributed by atoms with E-state index >= 15 is 0 Å². The number of nitrogens with one attached hydrogen (secondary N) is 2. The largest absolute Gasteiger partial charge is 0.491 e. The number of benzene rings is 1. The second-order valence-corrected chi connectivity index (χ2v) is 5.17. The summed E-state index contributed by atoms with van der Waals surface area (Å²) in [6, 6.07) is 5.86. The molecular weight excluding hydrogens is 275 g/mol. The molecule has 0 saturated carbocycles. The molecule has 0 aliphatic carbocycles. The number of rotatable bonds is 6. The Kier molecular flexibility index (Phi) is 5.95. The maximum Gasteiger partial charge on any atom is 0.221 e. The van der Waals surface area contributed by atoms with Gasteiger partial charge in [-0.25, -0.2) is 4.39 Å². The van der Waals surface area contributed by atoms with Crippen molar-refractivity contribution in [2.45, 2.75) is 25.4 Å². The molecule has 2 unspecified atom stereocenters. The van der Waals surface area contributed by atoms with E-state index in [-0.39, 0.29) is 23.8 Å². The molecule has 1 heterocycles. The molecule has 1 aliphatic rings. The Morgan fingerprint density at radius 3 is 3.19 bits per heavy atom. The molecule has 116 valence electrons. The molecule has 0 aromatic heterocycles. The Bertz CT molecular complexity index is 464. The van der Waals surface area contributed by atoms with Crippen molar-refractivity contribution in [2.75, 3.05) is 26.4 Å². The summed E-state index contributed by atoms with van der Waals surface area (Å²) >= 11 is 0. The zero-order valence-electron chi connectivity index (χ0n) is 12.1. The van der Waals surface area contributed by atoms with Crippen LogP contribution in [0.1, 0.15) is 13.3 Å². The van der Waals surface area contributed by atoms with E-state index in [1.165, 1.54) is 12.1 Å². The van der Waals surface area contributed by atoms with E-state index in [4.69, 9.17) is 9.47 Å². The summed E-state index contributed by atoms with van der Waals surface area (Å²) in [5.41, 5.74) is 0. The third-order valence-electron chi connectivity index (χ3n) is 3.13. The van der Waals surface area contributed by atoms with Crippen molar-refractivity contribution in [1.82, 2.24) is 10.6 Å². The summed E-state index contributed by atoms with van der Waals surface area (Å²) in [4.78, 5) is 11.9. The van der Waals surface area contributed by atoms with Gasteiger partial charge in [-0.1, -0.05) is 6.07 Å². The van der Waals surface area contributed by atoms with E-state index in [1.54, 1.807) is 12.1 Å². The molecule has 1 aliphatic heterocycles. The molecule has 2 rings (SSSR count). The van der Waals surface area contributed by atoms with Gasteiger partial charge in [0, 0.05) is 25.1 Å². The lowest BCUT2D eigenvalue weighted by Crippen LogP contribution is -2.46. The maximum atomic E-state index is 13.0. The Hall–Kier alpha value is -1.66. The van der Waals surface area contributed by atoms with Gasteiger partial charge in [-0.05, 0) is 19.1 Å². The van der Waals surface area contributed by atoms with Gasteiger partial charge in [0.2, 0.25) is 5.91 Å². The first-order valence-corrected chi connectivity index (χ1v) is 7.12.